The number of methoxy groups -OCH3 is 1. The number of benzene rings is 1. The number of alkyl halides is 2. The van der Waals surface area contributed by atoms with Crippen LogP contribution >= 0.6 is 27.5 Å². The number of Topliss-reactive ketones (excluding diaryl/α,β-unsaturated/α-hetero) is 1. The van der Waals surface area contributed by atoms with Gasteiger partial charge in [0, 0.05) is 23.2 Å². The van der Waals surface area contributed by atoms with Crippen LogP contribution in [0.5, 0.6) is 0 Å². The van der Waals surface area contributed by atoms with Gasteiger partial charge in [0.05, 0.1) is 12.7 Å². The summed E-state index contributed by atoms with van der Waals surface area (Å²) in [5.74, 6) is -0.252. The highest BCUT2D eigenvalue weighted by Crippen LogP contribution is 2.17. The van der Waals surface area contributed by atoms with Crippen molar-refractivity contribution in [3.8, 4) is 0 Å². The van der Waals surface area contributed by atoms with Crippen LogP contribution in [0.1, 0.15) is 32.7 Å². The highest BCUT2D eigenvalue weighted by atomic mass is 79.9. The van der Waals surface area contributed by atoms with Crippen LogP contribution in [-0.2, 0) is 10.1 Å². The molecule has 0 amide bonds. The molecule has 1 aromatic carbocycles. The number of carbonyl (C=O) groups excluding carboxylic acids is 2. The van der Waals surface area contributed by atoms with Gasteiger partial charge in [-0.05, 0) is 11.6 Å². The summed E-state index contributed by atoms with van der Waals surface area (Å²) in [5, 5.41) is 0.529. The zero-order valence-electron chi connectivity index (χ0n) is 9.33. The second-order valence-electron chi connectivity index (χ2n) is 3.36. The highest BCUT2D eigenvalue weighted by molar-refractivity contribution is 9.08. The summed E-state index contributed by atoms with van der Waals surface area (Å²) in [6, 6.07) is 4.98. The van der Waals surface area contributed by atoms with Gasteiger partial charge < -0.3 is 4.74 Å². The lowest BCUT2D eigenvalue weighted by molar-refractivity contribution is 0.0600. The molecule has 0 radical (unpaired) electrons. The Balaban J connectivity index is 3.13. The molecule has 0 aliphatic carbocycles. The Labute approximate surface area is 113 Å². The number of esters is 1. The predicted molar refractivity (Wildman–Crippen MR) is 70.1 cm³/mol. The molecule has 0 spiro atoms. The van der Waals surface area contributed by atoms with Gasteiger partial charge in [-0.25, -0.2) is 4.79 Å². The summed E-state index contributed by atoms with van der Waals surface area (Å²) in [6.45, 7) is 0. The van der Waals surface area contributed by atoms with Crippen molar-refractivity contribution in [2.24, 2.45) is 0 Å². The Kier molecular flexibility index (Phi) is 5.65. The fourth-order valence-electron chi connectivity index (χ4n) is 1.40. The normalized spacial score (nSPS) is 10.1. The summed E-state index contributed by atoms with van der Waals surface area (Å²) in [4.78, 5) is 23.2. The van der Waals surface area contributed by atoms with Crippen LogP contribution < -0.4 is 0 Å². The SMILES string of the molecule is COC(=O)c1cc(C(=O)CCCl)ccc1CBr. The molecule has 17 heavy (non-hydrogen) atoms. The Morgan fingerprint density at radius 3 is 2.65 bits per heavy atom. The third-order valence-electron chi connectivity index (χ3n) is 2.30. The van der Waals surface area contributed by atoms with E-state index in [9.17, 15) is 9.59 Å². The number of hydrogen-bond donors (Lipinski definition) is 0. The fourth-order valence-corrected chi connectivity index (χ4v) is 2.06. The van der Waals surface area contributed by atoms with Crippen LogP contribution in [0.15, 0.2) is 18.2 Å². The van der Waals surface area contributed by atoms with Gasteiger partial charge in [-0.3, -0.25) is 4.79 Å². The molecule has 0 aromatic heterocycles. The van der Waals surface area contributed by atoms with Crippen molar-refractivity contribution in [1.29, 1.82) is 0 Å². The van der Waals surface area contributed by atoms with E-state index in [1.807, 2.05) is 0 Å². The van der Waals surface area contributed by atoms with Gasteiger partial charge in [0.15, 0.2) is 5.78 Å². The first-order chi connectivity index (χ1) is 8.13. The van der Waals surface area contributed by atoms with Crippen LogP contribution in [0.4, 0.5) is 0 Å². The zero-order chi connectivity index (χ0) is 12.8. The fraction of sp³-hybridized carbons (Fsp3) is 0.333. The van der Waals surface area contributed by atoms with Crippen molar-refractivity contribution in [3.63, 3.8) is 0 Å². The number of hydrogen-bond acceptors (Lipinski definition) is 3. The van der Waals surface area contributed by atoms with Gasteiger partial charge in [0.1, 0.15) is 0 Å². The standard InChI is InChI=1S/C12H12BrClO3/c1-17-12(16)10-6-8(11(15)4-5-14)2-3-9(10)7-13/h2-3,6H,4-5,7H2,1H3. The molecule has 5 heteroatoms. The quantitative estimate of drug-likeness (QED) is 0.475. The number of ketones is 1. The molecular formula is C12H12BrClO3. The Bertz CT molecular complexity index is 432. The average Bonchev–Trinajstić information content (AvgIpc) is 2.37. The van der Waals surface area contributed by atoms with E-state index in [-0.39, 0.29) is 18.1 Å². The van der Waals surface area contributed by atoms with Gasteiger partial charge in [0.2, 0.25) is 0 Å². The smallest absolute Gasteiger partial charge is 0.338 e. The van der Waals surface area contributed by atoms with Crippen molar-refractivity contribution in [1.82, 2.24) is 0 Å². The van der Waals surface area contributed by atoms with Crippen molar-refractivity contribution in [2.45, 2.75) is 11.8 Å². The number of ether oxygens (including phenoxy) is 1. The van der Waals surface area contributed by atoms with E-state index in [2.05, 4.69) is 20.7 Å². The molecule has 0 bridgehead atoms. The number of rotatable bonds is 5. The largest absolute Gasteiger partial charge is 0.465 e. The van der Waals surface area contributed by atoms with E-state index in [0.717, 1.165) is 5.56 Å². The van der Waals surface area contributed by atoms with Crippen LogP contribution in [0.25, 0.3) is 0 Å². The second-order valence-corrected chi connectivity index (χ2v) is 4.30. The first-order valence-corrected chi connectivity index (χ1v) is 6.66. The van der Waals surface area contributed by atoms with Crippen molar-refractivity contribution >= 4 is 39.3 Å². The summed E-state index contributed by atoms with van der Waals surface area (Å²) in [7, 11) is 1.31. The van der Waals surface area contributed by atoms with Crippen molar-refractivity contribution in [3.05, 3.63) is 34.9 Å². The summed E-state index contributed by atoms with van der Waals surface area (Å²) in [6.07, 6.45) is 0.260. The molecule has 0 saturated heterocycles. The molecule has 0 N–H and O–H groups in total. The van der Waals surface area contributed by atoms with Crippen LogP contribution in [-0.4, -0.2) is 24.7 Å². The maximum Gasteiger partial charge on any atom is 0.338 e. The maximum absolute atomic E-state index is 11.7. The van der Waals surface area contributed by atoms with E-state index < -0.39 is 5.97 Å². The molecule has 0 unspecified atom stereocenters. The minimum absolute atomic E-state index is 0.0775. The molecule has 92 valence electrons. The third-order valence-corrected chi connectivity index (χ3v) is 3.10. The minimum atomic E-state index is -0.444. The Morgan fingerprint density at radius 1 is 1.41 bits per heavy atom. The van der Waals surface area contributed by atoms with Crippen LogP contribution in [0, 0.1) is 0 Å². The van der Waals surface area contributed by atoms with E-state index in [1.54, 1.807) is 18.2 Å². The highest BCUT2D eigenvalue weighted by Gasteiger charge is 2.14. The molecular weight excluding hydrogens is 307 g/mol. The molecule has 0 aliphatic rings. The van der Waals surface area contributed by atoms with Crippen LogP contribution in [0.3, 0.4) is 0 Å². The summed E-state index contributed by atoms with van der Waals surface area (Å²) >= 11 is 8.80. The molecule has 0 saturated carbocycles. The second kappa shape index (κ2) is 6.77. The monoisotopic (exact) mass is 318 g/mol. The Hall–Kier alpha value is -0.870. The van der Waals surface area contributed by atoms with E-state index in [0.29, 0.717) is 16.5 Å². The molecule has 1 aromatic rings. The maximum atomic E-state index is 11.7. The number of halogens is 2. The first-order valence-electron chi connectivity index (χ1n) is 5.00. The molecule has 0 atom stereocenters. The summed E-state index contributed by atoms with van der Waals surface area (Å²) in [5.41, 5.74) is 1.68. The third kappa shape index (κ3) is 3.54. The minimum Gasteiger partial charge on any atom is -0.465 e. The molecule has 3 nitrogen and oxygen atoms in total. The van der Waals surface area contributed by atoms with E-state index >= 15 is 0 Å². The first kappa shape index (κ1) is 14.2. The Morgan fingerprint density at radius 2 is 2.12 bits per heavy atom. The lowest BCUT2D eigenvalue weighted by atomic mass is 10.0. The van der Waals surface area contributed by atoms with E-state index in [1.165, 1.54) is 7.11 Å². The lowest BCUT2D eigenvalue weighted by Gasteiger charge is -2.07. The zero-order valence-corrected chi connectivity index (χ0v) is 11.7. The molecule has 0 aliphatic heterocycles. The lowest BCUT2D eigenvalue weighted by Crippen LogP contribution is -2.08. The van der Waals surface area contributed by atoms with Gasteiger partial charge in [0.25, 0.3) is 0 Å². The predicted octanol–water partition coefficient (Wildman–Crippen LogP) is 3.18. The molecule has 0 fully saturated rings. The van der Waals surface area contributed by atoms with Gasteiger partial charge in [-0.15, -0.1) is 11.6 Å². The topological polar surface area (TPSA) is 43.4 Å². The van der Waals surface area contributed by atoms with Crippen LogP contribution in [0.2, 0.25) is 0 Å². The van der Waals surface area contributed by atoms with E-state index in [4.69, 9.17) is 11.6 Å². The molecule has 0 heterocycles. The van der Waals surface area contributed by atoms with Crippen molar-refractivity contribution in [2.75, 3.05) is 13.0 Å². The van der Waals surface area contributed by atoms with Crippen molar-refractivity contribution < 1.29 is 14.3 Å². The number of carbonyl (C=O) groups is 2. The summed E-state index contributed by atoms with van der Waals surface area (Å²) < 4.78 is 4.68. The van der Waals surface area contributed by atoms with Gasteiger partial charge >= 0.3 is 5.97 Å². The molecule has 1 rings (SSSR count). The van der Waals surface area contributed by atoms with Gasteiger partial charge in [-0.1, -0.05) is 28.1 Å². The van der Waals surface area contributed by atoms with Gasteiger partial charge in [-0.2, -0.15) is 0 Å². The average molecular weight is 320 g/mol.